The predicted octanol–water partition coefficient (Wildman–Crippen LogP) is 4.24. The van der Waals surface area contributed by atoms with Gasteiger partial charge >= 0.3 is 0 Å². The van der Waals surface area contributed by atoms with Crippen LogP contribution in [-0.4, -0.2) is 19.3 Å². The first kappa shape index (κ1) is 19.8. The Labute approximate surface area is 166 Å². The summed E-state index contributed by atoms with van der Waals surface area (Å²) in [6.45, 7) is 1.82. The minimum absolute atomic E-state index is 0.0292. The summed E-state index contributed by atoms with van der Waals surface area (Å²) in [7, 11) is -4.00. The summed E-state index contributed by atoms with van der Waals surface area (Å²) >= 11 is 6.08. The number of halogens is 2. The van der Waals surface area contributed by atoms with E-state index >= 15 is 0 Å². The van der Waals surface area contributed by atoms with E-state index < -0.39 is 21.7 Å². The van der Waals surface area contributed by atoms with Crippen molar-refractivity contribution in [3.05, 3.63) is 82.9 Å². The van der Waals surface area contributed by atoms with Gasteiger partial charge in [0.2, 0.25) is 0 Å². The molecule has 0 unspecified atom stereocenters. The summed E-state index contributed by atoms with van der Waals surface area (Å²) in [6.07, 6.45) is 3.12. The second-order valence-electron chi connectivity index (χ2n) is 5.90. The number of hydrogen-bond acceptors (Lipinski definition) is 4. The van der Waals surface area contributed by atoms with Crippen molar-refractivity contribution in [1.82, 2.24) is 4.98 Å². The van der Waals surface area contributed by atoms with E-state index in [1.807, 2.05) is 6.92 Å². The largest absolute Gasteiger partial charge is 0.320 e. The molecule has 0 fully saturated rings. The molecule has 0 bridgehead atoms. The number of benzene rings is 2. The molecule has 144 valence electrons. The SMILES string of the molecule is Cc1ccncc1NC(=O)c1ccc(Cl)c(NS(=O)(=O)c2ccc(F)cc2)c1. The van der Waals surface area contributed by atoms with Crippen LogP contribution >= 0.6 is 11.6 Å². The van der Waals surface area contributed by atoms with E-state index in [1.54, 1.807) is 12.3 Å². The number of pyridine rings is 1. The average Bonchev–Trinajstić information content (AvgIpc) is 2.65. The Kier molecular flexibility index (Phi) is 5.62. The maximum atomic E-state index is 13.0. The lowest BCUT2D eigenvalue weighted by molar-refractivity contribution is 0.102. The molecule has 0 saturated carbocycles. The molecule has 2 N–H and O–H groups in total. The van der Waals surface area contributed by atoms with E-state index in [0.29, 0.717) is 5.69 Å². The first-order valence-electron chi connectivity index (χ1n) is 8.06. The van der Waals surface area contributed by atoms with Crippen LogP contribution in [0.2, 0.25) is 5.02 Å². The smallest absolute Gasteiger partial charge is 0.261 e. The Bertz CT molecular complexity index is 1140. The van der Waals surface area contributed by atoms with Crippen LogP contribution < -0.4 is 10.0 Å². The monoisotopic (exact) mass is 419 g/mol. The average molecular weight is 420 g/mol. The lowest BCUT2D eigenvalue weighted by atomic mass is 10.1. The highest BCUT2D eigenvalue weighted by atomic mass is 35.5. The van der Waals surface area contributed by atoms with Crippen molar-refractivity contribution in [2.45, 2.75) is 11.8 Å². The van der Waals surface area contributed by atoms with Gasteiger partial charge in [-0.15, -0.1) is 0 Å². The van der Waals surface area contributed by atoms with Crippen LogP contribution in [0.15, 0.2) is 65.8 Å². The van der Waals surface area contributed by atoms with Crippen molar-refractivity contribution >= 4 is 38.9 Å². The quantitative estimate of drug-likeness (QED) is 0.647. The molecule has 2 aromatic carbocycles. The Morgan fingerprint density at radius 1 is 1.07 bits per heavy atom. The number of anilines is 2. The van der Waals surface area contributed by atoms with Crippen molar-refractivity contribution in [3.63, 3.8) is 0 Å². The molecule has 0 aliphatic rings. The van der Waals surface area contributed by atoms with Crippen molar-refractivity contribution in [3.8, 4) is 0 Å². The second-order valence-corrected chi connectivity index (χ2v) is 7.99. The lowest BCUT2D eigenvalue weighted by Gasteiger charge is -2.12. The van der Waals surface area contributed by atoms with Gasteiger partial charge in [-0.2, -0.15) is 0 Å². The highest BCUT2D eigenvalue weighted by Crippen LogP contribution is 2.26. The molecule has 1 amide bonds. The molecular formula is C19H15ClFN3O3S. The molecule has 0 aliphatic carbocycles. The van der Waals surface area contributed by atoms with Gasteiger partial charge in [-0.05, 0) is 61.0 Å². The third-order valence-corrected chi connectivity index (χ3v) is 5.60. The number of nitrogens with one attached hydrogen (secondary N) is 2. The van der Waals surface area contributed by atoms with Gasteiger partial charge in [0, 0.05) is 11.8 Å². The Morgan fingerprint density at radius 2 is 1.79 bits per heavy atom. The Morgan fingerprint density at radius 3 is 2.46 bits per heavy atom. The molecule has 3 rings (SSSR count). The number of amides is 1. The van der Waals surface area contributed by atoms with Gasteiger partial charge in [0.25, 0.3) is 15.9 Å². The first-order valence-corrected chi connectivity index (χ1v) is 9.92. The van der Waals surface area contributed by atoms with E-state index in [2.05, 4.69) is 15.0 Å². The maximum absolute atomic E-state index is 13.0. The molecule has 1 aromatic heterocycles. The molecule has 0 saturated heterocycles. The third kappa shape index (κ3) is 4.47. The van der Waals surface area contributed by atoms with Gasteiger partial charge in [-0.3, -0.25) is 14.5 Å². The zero-order valence-corrected chi connectivity index (χ0v) is 16.2. The number of sulfonamides is 1. The molecular weight excluding hydrogens is 405 g/mol. The van der Waals surface area contributed by atoms with E-state index in [1.165, 1.54) is 24.4 Å². The summed E-state index contributed by atoms with van der Waals surface area (Å²) in [4.78, 5) is 16.3. The highest BCUT2D eigenvalue weighted by molar-refractivity contribution is 7.92. The summed E-state index contributed by atoms with van der Waals surface area (Å²) in [5.41, 5.74) is 1.59. The second kappa shape index (κ2) is 7.95. The maximum Gasteiger partial charge on any atom is 0.261 e. The zero-order valence-electron chi connectivity index (χ0n) is 14.6. The number of aromatic nitrogens is 1. The zero-order chi connectivity index (χ0) is 20.3. The molecule has 3 aromatic rings. The first-order chi connectivity index (χ1) is 13.3. The van der Waals surface area contributed by atoms with Gasteiger partial charge in [0.1, 0.15) is 5.82 Å². The number of hydrogen-bond donors (Lipinski definition) is 2. The fraction of sp³-hybridized carbons (Fsp3) is 0.0526. The molecule has 0 spiro atoms. The van der Waals surface area contributed by atoms with Crippen LogP contribution in [0.3, 0.4) is 0 Å². The normalized spacial score (nSPS) is 11.1. The van der Waals surface area contributed by atoms with E-state index in [0.717, 1.165) is 29.8 Å². The Balaban J connectivity index is 1.86. The minimum Gasteiger partial charge on any atom is -0.320 e. The third-order valence-electron chi connectivity index (χ3n) is 3.88. The van der Waals surface area contributed by atoms with E-state index in [4.69, 9.17) is 11.6 Å². The molecule has 1 heterocycles. The minimum atomic E-state index is -4.00. The van der Waals surface area contributed by atoms with Crippen LogP contribution in [0.5, 0.6) is 0 Å². The number of rotatable bonds is 5. The van der Waals surface area contributed by atoms with Crippen LogP contribution in [0.25, 0.3) is 0 Å². The molecule has 0 aliphatic heterocycles. The van der Waals surface area contributed by atoms with Crippen LogP contribution in [-0.2, 0) is 10.0 Å². The Hall–Kier alpha value is -2.97. The van der Waals surface area contributed by atoms with Gasteiger partial charge in [-0.25, -0.2) is 12.8 Å². The topological polar surface area (TPSA) is 88.2 Å². The number of aryl methyl sites for hydroxylation is 1. The van der Waals surface area contributed by atoms with E-state index in [9.17, 15) is 17.6 Å². The van der Waals surface area contributed by atoms with Crippen molar-refractivity contribution < 1.29 is 17.6 Å². The van der Waals surface area contributed by atoms with Crippen molar-refractivity contribution in [1.29, 1.82) is 0 Å². The van der Waals surface area contributed by atoms with Gasteiger partial charge in [0.15, 0.2) is 0 Å². The standard InChI is InChI=1S/C19H15ClFN3O3S/c1-12-8-9-22-11-18(12)23-19(25)13-2-7-16(20)17(10-13)24-28(26,27)15-5-3-14(21)4-6-15/h2-11,24H,1H3,(H,23,25). The van der Waals surface area contributed by atoms with Crippen LogP contribution in [0.4, 0.5) is 15.8 Å². The fourth-order valence-corrected chi connectivity index (χ4v) is 3.64. The summed E-state index contributed by atoms with van der Waals surface area (Å²) in [5, 5.41) is 2.82. The number of nitrogens with zero attached hydrogens (tertiary/aromatic N) is 1. The van der Waals surface area contributed by atoms with Gasteiger partial charge in [0.05, 0.1) is 27.5 Å². The predicted molar refractivity (Wildman–Crippen MR) is 106 cm³/mol. The summed E-state index contributed by atoms with van der Waals surface area (Å²) in [5.74, 6) is -1.00. The summed E-state index contributed by atoms with van der Waals surface area (Å²) < 4.78 is 40.3. The highest BCUT2D eigenvalue weighted by Gasteiger charge is 2.18. The van der Waals surface area contributed by atoms with Gasteiger partial charge in [-0.1, -0.05) is 11.6 Å². The molecule has 0 atom stereocenters. The van der Waals surface area contributed by atoms with Crippen molar-refractivity contribution in [2.75, 3.05) is 10.0 Å². The molecule has 6 nitrogen and oxygen atoms in total. The van der Waals surface area contributed by atoms with Crippen molar-refractivity contribution in [2.24, 2.45) is 0 Å². The molecule has 28 heavy (non-hydrogen) atoms. The number of carbonyl (C=O) groups is 1. The number of carbonyl (C=O) groups excluding carboxylic acids is 1. The van der Waals surface area contributed by atoms with Gasteiger partial charge < -0.3 is 5.32 Å². The molecule has 0 radical (unpaired) electrons. The summed E-state index contributed by atoms with van der Waals surface area (Å²) in [6, 6.07) is 10.3. The fourth-order valence-electron chi connectivity index (χ4n) is 2.35. The molecule has 9 heteroatoms. The van der Waals surface area contributed by atoms with Crippen LogP contribution in [0, 0.1) is 12.7 Å². The van der Waals surface area contributed by atoms with Crippen LogP contribution in [0.1, 0.15) is 15.9 Å². The van der Waals surface area contributed by atoms with E-state index in [-0.39, 0.29) is 21.2 Å². The lowest BCUT2D eigenvalue weighted by Crippen LogP contribution is -2.16.